The van der Waals surface area contributed by atoms with E-state index in [1.54, 1.807) is 0 Å². The zero-order valence-electron chi connectivity index (χ0n) is 8.84. The standard InChI is InChI=1S/C13H16O/c1-9-6-7-10(2)12(8-9)11-4-3-5-13(11)14/h6-8,11H,3-5H2,1-2H3. The van der Waals surface area contributed by atoms with E-state index in [4.69, 9.17) is 0 Å². The van der Waals surface area contributed by atoms with Crippen molar-refractivity contribution in [2.75, 3.05) is 0 Å². The average molecular weight is 188 g/mol. The maximum atomic E-state index is 11.6. The lowest BCUT2D eigenvalue weighted by Crippen LogP contribution is -2.06. The van der Waals surface area contributed by atoms with Crippen LogP contribution in [0.5, 0.6) is 0 Å². The van der Waals surface area contributed by atoms with Gasteiger partial charge in [-0.25, -0.2) is 0 Å². The molecule has 1 atom stereocenters. The first-order valence-electron chi connectivity index (χ1n) is 5.28. The number of hydrogen-bond donors (Lipinski definition) is 0. The molecular weight excluding hydrogens is 172 g/mol. The fourth-order valence-corrected chi connectivity index (χ4v) is 2.28. The molecule has 0 heterocycles. The molecule has 1 aliphatic rings. The van der Waals surface area contributed by atoms with Crippen LogP contribution in [0.3, 0.4) is 0 Å². The van der Waals surface area contributed by atoms with Crippen molar-refractivity contribution in [1.82, 2.24) is 0 Å². The van der Waals surface area contributed by atoms with Crippen molar-refractivity contribution in [3.63, 3.8) is 0 Å². The normalized spacial score (nSPS) is 21.6. The van der Waals surface area contributed by atoms with Crippen molar-refractivity contribution in [2.24, 2.45) is 0 Å². The summed E-state index contributed by atoms with van der Waals surface area (Å²) in [6.45, 7) is 4.18. The van der Waals surface area contributed by atoms with Crippen molar-refractivity contribution in [3.8, 4) is 0 Å². The van der Waals surface area contributed by atoms with Gasteiger partial charge in [0.1, 0.15) is 5.78 Å². The second kappa shape index (κ2) is 3.56. The lowest BCUT2D eigenvalue weighted by Gasteiger charge is -2.12. The molecule has 0 bridgehead atoms. The topological polar surface area (TPSA) is 17.1 Å². The molecular formula is C13H16O. The van der Waals surface area contributed by atoms with Gasteiger partial charge in [0.25, 0.3) is 0 Å². The summed E-state index contributed by atoms with van der Waals surface area (Å²) in [6.07, 6.45) is 2.89. The molecule has 0 spiro atoms. The molecule has 1 saturated carbocycles. The number of hydrogen-bond acceptors (Lipinski definition) is 1. The Bertz CT molecular complexity index is 365. The number of aryl methyl sites for hydroxylation is 2. The molecule has 14 heavy (non-hydrogen) atoms. The summed E-state index contributed by atoms with van der Waals surface area (Å²) in [5.74, 6) is 0.619. The van der Waals surface area contributed by atoms with Crippen molar-refractivity contribution >= 4 is 5.78 Å². The van der Waals surface area contributed by atoms with Gasteiger partial charge in [-0.1, -0.05) is 23.8 Å². The molecule has 2 rings (SSSR count). The first-order valence-corrected chi connectivity index (χ1v) is 5.28. The van der Waals surface area contributed by atoms with Gasteiger partial charge < -0.3 is 0 Å². The van der Waals surface area contributed by atoms with Gasteiger partial charge in [0.2, 0.25) is 0 Å². The van der Waals surface area contributed by atoms with E-state index >= 15 is 0 Å². The Morgan fingerprint density at radius 3 is 2.71 bits per heavy atom. The quantitative estimate of drug-likeness (QED) is 0.661. The predicted molar refractivity (Wildman–Crippen MR) is 57.5 cm³/mol. The van der Waals surface area contributed by atoms with Gasteiger partial charge in [0, 0.05) is 12.3 Å². The third-order valence-corrected chi connectivity index (χ3v) is 3.11. The Balaban J connectivity index is 2.39. The smallest absolute Gasteiger partial charge is 0.140 e. The summed E-state index contributed by atoms with van der Waals surface area (Å²) in [4.78, 5) is 11.6. The van der Waals surface area contributed by atoms with Crippen LogP contribution in [-0.2, 0) is 4.79 Å². The van der Waals surface area contributed by atoms with Gasteiger partial charge >= 0.3 is 0 Å². The van der Waals surface area contributed by atoms with Gasteiger partial charge in [-0.15, -0.1) is 0 Å². The summed E-state index contributed by atoms with van der Waals surface area (Å²) in [5.41, 5.74) is 3.77. The largest absolute Gasteiger partial charge is 0.299 e. The lowest BCUT2D eigenvalue weighted by atomic mass is 9.91. The van der Waals surface area contributed by atoms with Crippen LogP contribution in [0.1, 0.15) is 41.9 Å². The Morgan fingerprint density at radius 1 is 1.29 bits per heavy atom. The molecule has 1 aliphatic carbocycles. The molecule has 1 nitrogen and oxygen atoms in total. The Labute approximate surface area is 85.1 Å². The zero-order chi connectivity index (χ0) is 10.1. The van der Waals surface area contributed by atoms with E-state index in [0.717, 1.165) is 19.3 Å². The molecule has 74 valence electrons. The third-order valence-electron chi connectivity index (χ3n) is 3.11. The van der Waals surface area contributed by atoms with Crippen LogP contribution in [0.4, 0.5) is 0 Å². The number of carbonyl (C=O) groups is 1. The molecule has 0 aromatic heterocycles. The number of Topliss-reactive ketones (excluding diaryl/α,β-unsaturated/α-hetero) is 1. The number of ketones is 1. The predicted octanol–water partition coefficient (Wildman–Crippen LogP) is 3.14. The SMILES string of the molecule is Cc1ccc(C)c(C2CCCC2=O)c1. The van der Waals surface area contributed by atoms with E-state index in [1.807, 2.05) is 0 Å². The number of carbonyl (C=O) groups excluding carboxylic acids is 1. The minimum atomic E-state index is 0.190. The molecule has 1 fully saturated rings. The molecule has 1 unspecified atom stereocenters. The van der Waals surface area contributed by atoms with Crippen molar-refractivity contribution < 1.29 is 4.79 Å². The summed E-state index contributed by atoms with van der Waals surface area (Å²) < 4.78 is 0. The highest BCUT2D eigenvalue weighted by Crippen LogP contribution is 2.33. The lowest BCUT2D eigenvalue weighted by molar-refractivity contribution is -0.118. The fraction of sp³-hybridized carbons (Fsp3) is 0.462. The second-order valence-corrected chi connectivity index (χ2v) is 4.27. The number of benzene rings is 1. The van der Waals surface area contributed by atoms with Gasteiger partial charge in [-0.2, -0.15) is 0 Å². The summed E-state index contributed by atoms with van der Waals surface area (Å²) in [6, 6.07) is 6.40. The van der Waals surface area contributed by atoms with E-state index in [2.05, 4.69) is 32.0 Å². The molecule has 0 N–H and O–H groups in total. The van der Waals surface area contributed by atoms with Crippen LogP contribution in [-0.4, -0.2) is 5.78 Å². The molecule has 1 aromatic carbocycles. The highest BCUT2D eigenvalue weighted by atomic mass is 16.1. The fourth-order valence-electron chi connectivity index (χ4n) is 2.28. The number of rotatable bonds is 1. The highest BCUT2D eigenvalue weighted by Gasteiger charge is 2.26. The first-order chi connectivity index (χ1) is 6.68. The third kappa shape index (κ3) is 1.59. The summed E-state index contributed by atoms with van der Waals surface area (Å²) in [7, 11) is 0. The second-order valence-electron chi connectivity index (χ2n) is 4.27. The molecule has 0 aliphatic heterocycles. The minimum Gasteiger partial charge on any atom is -0.299 e. The maximum Gasteiger partial charge on any atom is 0.140 e. The summed E-state index contributed by atoms with van der Waals surface area (Å²) in [5, 5.41) is 0. The highest BCUT2D eigenvalue weighted by molar-refractivity contribution is 5.88. The van der Waals surface area contributed by atoms with Crippen LogP contribution >= 0.6 is 0 Å². The molecule has 0 saturated heterocycles. The molecule has 0 amide bonds. The zero-order valence-corrected chi connectivity index (χ0v) is 8.84. The minimum absolute atomic E-state index is 0.190. The Kier molecular flexibility index (Phi) is 2.40. The molecule has 0 radical (unpaired) electrons. The molecule has 1 aromatic rings. The van der Waals surface area contributed by atoms with Crippen molar-refractivity contribution in [1.29, 1.82) is 0 Å². The van der Waals surface area contributed by atoms with Crippen molar-refractivity contribution in [2.45, 2.75) is 39.0 Å². The van der Waals surface area contributed by atoms with Gasteiger partial charge in [0.05, 0.1) is 0 Å². The summed E-state index contributed by atoms with van der Waals surface area (Å²) >= 11 is 0. The van der Waals surface area contributed by atoms with Crippen LogP contribution in [0, 0.1) is 13.8 Å². The van der Waals surface area contributed by atoms with E-state index in [1.165, 1.54) is 16.7 Å². The monoisotopic (exact) mass is 188 g/mol. The van der Waals surface area contributed by atoms with Gasteiger partial charge in [-0.05, 0) is 37.8 Å². The van der Waals surface area contributed by atoms with Gasteiger partial charge in [-0.3, -0.25) is 4.79 Å². The average Bonchev–Trinajstić information content (AvgIpc) is 2.56. The first kappa shape index (κ1) is 9.45. The van der Waals surface area contributed by atoms with Crippen LogP contribution in [0.25, 0.3) is 0 Å². The van der Waals surface area contributed by atoms with Crippen LogP contribution < -0.4 is 0 Å². The van der Waals surface area contributed by atoms with E-state index in [-0.39, 0.29) is 5.92 Å². The Hall–Kier alpha value is -1.11. The van der Waals surface area contributed by atoms with Crippen LogP contribution in [0.2, 0.25) is 0 Å². The van der Waals surface area contributed by atoms with Gasteiger partial charge in [0.15, 0.2) is 0 Å². The maximum absolute atomic E-state index is 11.6. The van der Waals surface area contributed by atoms with E-state index < -0.39 is 0 Å². The van der Waals surface area contributed by atoms with Crippen LogP contribution in [0.15, 0.2) is 18.2 Å². The Morgan fingerprint density at radius 2 is 2.07 bits per heavy atom. The van der Waals surface area contributed by atoms with E-state index in [0.29, 0.717) is 5.78 Å². The van der Waals surface area contributed by atoms with E-state index in [9.17, 15) is 4.79 Å². The molecule has 1 heteroatoms. The van der Waals surface area contributed by atoms with Crippen molar-refractivity contribution in [3.05, 3.63) is 34.9 Å².